The molecule has 1 aromatic rings. The summed E-state index contributed by atoms with van der Waals surface area (Å²) in [7, 11) is 1.91. The van der Waals surface area contributed by atoms with E-state index in [1.54, 1.807) is 0 Å². The molecule has 0 saturated carbocycles. The number of aliphatic hydroxyl groups excluding tert-OH is 1. The SMILES string of the molecule is CCc1nn(C)c(CNC(C)(CC)CCO)c1Cl. The molecule has 0 aliphatic rings. The van der Waals surface area contributed by atoms with Crippen molar-refractivity contribution in [3.05, 3.63) is 16.4 Å². The lowest BCUT2D eigenvalue weighted by Gasteiger charge is -2.29. The van der Waals surface area contributed by atoms with Crippen LogP contribution in [0.5, 0.6) is 0 Å². The minimum Gasteiger partial charge on any atom is -0.396 e. The summed E-state index contributed by atoms with van der Waals surface area (Å²) in [5, 5.41) is 17.7. The first-order chi connectivity index (χ1) is 8.47. The van der Waals surface area contributed by atoms with Crippen LogP contribution in [0.4, 0.5) is 0 Å². The van der Waals surface area contributed by atoms with Crippen molar-refractivity contribution in [2.45, 2.75) is 52.1 Å². The third kappa shape index (κ3) is 3.46. The van der Waals surface area contributed by atoms with Gasteiger partial charge in [-0.05, 0) is 26.2 Å². The molecular formula is C13H24ClN3O. The minimum absolute atomic E-state index is 0.0608. The molecule has 5 heteroatoms. The van der Waals surface area contributed by atoms with Crippen LogP contribution in [0.2, 0.25) is 5.02 Å². The van der Waals surface area contributed by atoms with Gasteiger partial charge in [0.1, 0.15) is 0 Å². The summed E-state index contributed by atoms with van der Waals surface area (Å²) in [5.74, 6) is 0. The average molecular weight is 274 g/mol. The number of aryl methyl sites for hydroxylation is 2. The van der Waals surface area contributed by atoms with Gasteiger partial charge in [0.25, 0.3) is 0 Å². The van der Waals surface area contributed by atoms with Crippen molar-refractivity contribution in [2.24, 2.45) is 7.05 Å². The summed E-state index contributed by atoms with van der Waals surface area (Å²) in [4.78, 5) is 0. The van der Waals surface area contributed by atoms with Gasteiger partial charge >= 0.3 is 0 Å². The molecule has 4 nitrogen and oxygen atoms in total. The molecule has 0 amide bonds. The van der Waals surface area contributed by atoms with Crippen LogP contribution in [0.3, 0.4) is 0 Å². The molecule has 0 fully saturated rings. The van der Waals surface area contributed by atoms with E-state index >= 15 is 0 Å². The van der Waals surface area contributed by atoms with Crippen molar-refractivity contribution in [1.82, 2.24) is 15.1 Å². The van der Waals surface area contributed by atoms with Crippen molar-refractivity contribution >= 4 is 11.6 Å². The van der Waals surface area contributed by atoms with E-state index in [0.29, 0.717) is 6.54 Å². The quantitative estimate of drug-likeness (QED) is 0.801. The molecule has 0 bridgehead atoms. The molecule has 1 aromatic heterocycles. The van der Waals surface area contributed by atoms with E-state index in [4.69, 9.17) is 16.7 Å². The monoisotopic (exact) mass is 273 g/mol. The first-order valence-corrected chi connectivity index (χ1v) is 6.91. The van der Waals surface area contributed by atoms with Gasteiger partial charge < -0.3 is 10.4 Å². The van der Waals surface area contributed by atoms with Gasteiger partial charge in [-0.2, -0.15) is 5.10 Å². The number of rotatable bonds is 7. The third-order valence-electron chi connectivity index (χ3n) is 3.63. The Morgan fingerprint density at radius 2 is 2.11 bits per heavy atom. The van der Waals surface area contributed by atoms with Crippen LogP contribution >= 0.6 is 11.6 Å². The molecule has 18 heavy (non-hydrogen) atoms. The Kier molecular flexibility index (Phi) is 5.63. The van der Waals surface area contributed by atoms with Crippen molar-refractivity contribution in [3.63, 3.8) is 0 Å². The highest BCUT2D eigenvalue weighted by molar-refractivity contribution is 6.31. The first kappa shape index (κ1) is 15.5. The van der Waals surface area contributed by atoms with E-state index < -0.39 is 0 Å². The molecule has 0 saturated heterocycles. The van der Waals surface area contributed by atoms with Gasteiger partial charge in [-0.1, -0.05) is 25.4 Å². The number of halogens is 1. The predicted molar refractivity (Wildman–Crippen MR) is 74.8 cm³/mol. The summed E-state index contributed by atoms with van der Waals surface area (Å²) in [5.41, 5.74) is 1.89. The maximum Gasteiger partial charge on any atom is 0.0863 e. The van der Waals surface area contributed by atoms with Crippen LogP contribution in [0.15, 0.2) is 0 Å². The Bertz CT molecular complexity index is 392. The molecule has 0 radical (unpaired) electrons. The maximum absolute atomic E-state index is 9.10. The Hall–Kier alpha value is -0.580. The normalized spacial score (nSPS) is 14.8. The van der Waals surface area contributed by atoms with Crippen LogP contribution in [0.25, 0.3) is 0 Å². The molecule has 1 heterocycles. The lowest BCUT2D eigenvalue weighted by Crippen LogP contribution is -2.42. The summed E-state index contributed by atoms with van der Waals surface area (Å²) in [6.07, 6.45) is 2.54. The molecule has 2 N–H and O–H groups in total. The third-order valence-corrected chi connectivity index (χ3v) is 4.07. The van der Waals surface area contributed by atoms with E-state index in [2.05, 4.69) is 24.3 Å². The lowest BCUT2D eigenvalue weighted by molar-refractivity contribution is 0.213. The fourth-order valence-corrected chi connectivity index (χ4v) is 2.31. The van der Waals surface area contributed by atoms with Crippen LogP contribution in [-0.4, -0.2) is 27.0 Å². The summed E-state index contributed by atoms with van der Waals surface area (Å²) in [6.45, 7) is 7.15. The molecular weight excluding hydrogens is 250 g/mol. The van der Waals surface area contributed by atoms with Gasteiger partial charge in [0.05, 0.1) is 16.4 Å². The van der Waals surface area contributed by atoms with Gasteiger partial charge in [0.2, 0.25) is 0 Å². The summed E-state index contributed by atoms with van der Waals surface area (Å²) < 4.78 is 1.84. The average Bonchev–Trinajstić information content (AvgIpc) is 2.62. The van der Waals surface area contributed by atoms with Crippen LogP contribution in [0, 0.1) is 0 Å². The highest BCUT2D eigenvalue weighted by atomic mass is 35.5. The molecule has 0 aliphatic heterocycles. The van der Waals surface area contributed by atoms with E-state index in [0.717, 1.165) is 35.7 Å². The highest BCUT2D eigenvalue weighted by Crippen LogP contribution is 2.22. The second kappa shape index (κ2) is 6.55. The Morgan fingerprint density at radius 3 is 2.56 bits per heavy atom. The fraction of sp³-hybridized carbons (Fsp3) is 0.769. The fourth-order valence-electron chi connectivity index (χ4n) is 1.95. The van der Waals surface area contributed by atoms with E-state index in [-0.39, 0.29) is 12.1 Å². The number of nitrogens with one attached hydrogen (secondary N) is 1. The molecule has 0 aliphatic carbocycles. The number of nitrogens with zero attached hydrogens (tertiary/aromatic N) is 2. The van der Waals surface area contributed by atoms with Crippen LogP contribution in [-0.2, 0) is 20.0 Å². The van der Waals surface area contributed by atoms with Gasteiger partial charge in [0, 0.05) is 25.7 Å². The largest absolute Gasteiger partial charge is 0.396 e. The van der Waals surface area contributed by atoms with Crippen molar-refractivity contribution in [3.8, 4) is 0 Å². The second-order valence-corrected chi connectivity index (χ2v) is 5.30. The van der Waals surface area contributed by atoms with Crippen LogP contribution < -0.4 is 5.32 Å². The zero-order chi connectivity index (χ0) is 13.8. The maximum atomic E-state index is 9.10. The van der Waals surface area contributed by atoms with Crippen molar-refractivity contribution < 1.29 is 5.11 Å². The second-order valence-electron chi connectivity index (χ2n) is 4.93. The van der Waals surface area contributed by atoms with Gasteiger partial charge in [0.15, 0.2) is 0 Å². The molecule has 1 unspecified atom stereocenters. The Balaban J connectivity index is 2.76. The van der Waals surface area contributed by atoms with E-state index in [1.807, 2.05) is 18.7 Å². The minimum atomic E-state index is -0.0608. The number of hydrogen-bond donors (Lipinski definition) is 2. The van der Waals surface area contributed by atoms with Crippen LogP contribution in [0.1, 0.15) is 45.0 Å². The molecule has 1 rings (SSSR count). The van der Waals surface area contributed by atoms with Crippen molar-refractivity contribution in [1.29, 1.82) is 0 Å². The highest BCUT2D eigenvalue weighted by Gasteiger charge is 2.22. The molecule has 104 valence electrons. The van der Waals surface area contributed by atoms with Gasteiger partial charge in [-0.25, -0.2) is 0 Å². The zero-order valence-corrected chi connectivity index (χ0v) is 12.5. The first-order valence-electron chi connectivity index (χ1n) is 6.53. The smallest absolute Gasteiger partial charge is 0.0863 e. The zero-order valence-electron chi connectivity index (χ0n) is 11.8. The lowest BCUT2D eigenvalue weighted by atomic mass is 9.95. The van der Waals surface area contributed by atoms with Gasteiger partial charge in [-0.15, -0.1) is 0 Å². The molecule has 0 aromatic carbocycles. The topological polar surface area (TPSA) is 50.1 Å². The molecule has 0 spiro atoms. The Morgan fingerprint density at radius 1 is 1.44 bits per heavy atom. The number of hydrogen-bond acceptors (Lipinski definition) is 3. The summed E-state index contributed by atoms with van der Waals surface area (Å²) >= 11 is 6.31. The number of aliphatic hydroxyl groups is 1. The Labute approximate surface area is 114 Å². The predicted octanol–water partition coefficient (Wildman–Crippen LogP) is 2.28. The summed E-state index contributed by atoms with van der Waals surface area (Å²) in [6, 6.07) is 0. The van der Waals surface area contributed by atoms with Crippen molar-refractivity contribution in [2.75, 3.05) is 6.61 Å². The number of aromatic nitrogens is 2. The van der Waals surface area contributed by atoms with Gasteiger partial charge in [-0.3, -0.25) is 4.68 Å². The molecule has 1 atom stereocenters. The van der Waals surface area contributed by atoms with E-state index in [9.17, 15) is 0 Å². The van der Waals surface area contributed by atoms with E-state index in [1.165, 1.54) is 0 Å². The standard InChI is InChI=1S/C13H24ClN3O/c1-5-10-12(14)11(17(4)16-10)9-15-13(3,6-2)7-8-18/h15,18H,5-9H2,1-4H3.